The van der Waals surface area contributed by atoms with Crippen LogP contribution in [0.25, 0.3) is 78.8 Å². The fourth-order valence-electron chi connectivity index (χ4n) is 16.2. The van der Waals surface area contributed by atoms with E-state index in [1.807, 2.05) is 128 Å². The van der Waals surface area contributed by atoms with Gasteiger partial charge in [0.05, 0.1) is 87.1 Å². The number of hydrogen-bond acceptors (Lipinski definition) is 20. The van der Waals surface area contributed by atoms with Crippen molar-refractivity contribution in [3.63, 3.8) is 0 Å². The maximum absolute atomic E-state index is 14.0. The number of hydrogen-bond donors (Lipinski definition) is 2. The molecule has 0 unspecified atom stereocenters. The molecule has 10 aromatic heterocycles. The van der Waals surface area contributed by atoms with Gasteiger partial charge in [0.1, 0.15) is 28.3 Å². The van der Waals surface area contributed by atoms with Gasteiger partial charge in [-0.05, 0) is 229 Å². The first-order valence-electron chi connectivity index (χ1n) is 38.6. The molecule has 582 valence electrons. The van der Waals surface area contributed by atoms with Crippen LogP contribution >= 0.6 is 0 Å². The van der Waals surface area contributed by atoms with Gasteiger partial charge in [-0.1, -0.05) is 32.1 Å². The van der Waals surface area contributed by atoms with E-state index in [0.29, 0.717) is 104 Å². The van der Waals surface area contributed by atoms with E-state index in [1.54, 1.807) is 70.3 Å². The number of fused-ring (bicyclic) bond motifs is 7. The second-order valence-corrected chi connectivity index (χ2v) is 29.1. The molecule has 5 aliphatic rings. The lowest BCUT2D eigenvalue weighted by molar-refractivity contribution is 0.222. The molecular weight excluding hydrogens is 1430 g/mol. The van der Waals surface area contributed by atoms with Crippen LogP contribution in [0.3, 0.4) is 0 Å². The van der Waals surface area contributed by atoms with Crippen molar-refractivity contribution in [1.82, 2.24) is 72.6 Å². The van der Waals surface area contributed by atoms with E-state index in [9.17, 15) is 23.6 Å². The number of likely N-dealkylation sites (tertiary alicyclic amines) is 2. The third-order valence-corrected chi connectivity index (χ3v) is 22.3. The van der Waals surface area contributed by atoms with Gasteiger partial charge in [-0.25, -0.2) is 28.8 Å². The summed E-state index contributed by atoms with van der Waals surface area (Å²) in [5.41, 5.74) is 15.6. The highest BCUT2D eigenvalue weighted by Crippen LogP contribution is 2.37. The molecule has 0 saturated carbocycles. The van der Waals surface area contributed by atoms with E-state index < -0.39 is 5.82 Å². The van der Waals surface area contributed by atoms with E-state index in [2.05, 4.69) is 77.4 Å². The molecule has 0 aliphatic carbocycles. The Bertz CT molecular complexity index is 6000. The summed E-state index contributed by atoms with van der Waals surface area (Å²) in [6.07, 6.45) is 18.3. The summed E-state index contributed by atoms with van der Waals surface area (Å²) in [6, 6.07) is 40.8. The summed E-state index contributed by atoms with van der Waals surface area (Å²) in [5.74, 6) is 3.14. The van der Waals surface area contributed by atoms with Crippen LogP contribution in [0.15, 0.2) is 190 Å². The van der Waals surface area contributed by atoms with Crippen LogP contribution in [0.4, 0.5) is 10.1 Å². The highest BCUT2D eigenvalue weighted by atomic mass is 19.1. The lowest BCUT2D eigenvalue weighted by Gasteiger charge is -2.35. The van der Waals surface area contributed by atoms with Gasteiger partial charge < -0.3 is 44.1 Å². The third kappa shape index (κ3) is 16.3. The second-order valence-electron chi connectivity index (χ2n) is 29.1. The quantitative estimate of drug-likeness (QED) is 0.0968. The maximum Gasteiger partial charge on any atom is 0.258 e. The fourth-order valence-corrected chi connectivity index (χ4v) is 16.2. The van der Waals surface area contributed by atoms with Gasteiger partial charge in [-0.2, -0.15) is 5.10 Å². The van der Waals surface area contributed by atoms with Gasteiger partial charge in [0, 0.05) is 97.5 Å². The van der Waals surface area contributed by atoms with Crippen molar-refractivity contribution in [1.29, 1.82) is 0 Å². The van der Waals surface area contributed by atoms with Crippen molar-refractivity contribution in [2.24, 2.45) is 0 Å². The first kappa shape index (κ1) is 76.4. The van der Waals surface area contributed by atoms with E-state index in [-0.39, 0.29) is 28.0 Å². The standard InChI is InChI=1S/C23H25N7O.C23H27N3O3.C21H21N3O3.C20H20FN3O2/c1-4-27-11-18-7-17(27)13-28(18)16-5-6-22-25-19(9-23(31)29(22)12-16)20-8-21-15(3)24-14(2)10-30(21)26-20;1-4-25-11-9-16(10-12-25)18-6-8-22-24-19(14-23(27)26(22)15-18)17-5-7-20(28-2)21(13-17)29-3;1-26-18-5-3-15(11-19(18)27-2)17-12-21(25)24-13-16(4-6-20(24)23-17)14-7-9-22-10-8-14;1-26-18-4-2-14(10-16(18)21)17-11-20(25)24-12-15(3-5-19(24)23-17)13-6-8-22-9-7-13/h5-6,8-10,12,17-18H,4,7,11,13H2,1-3H3;5-8,13-16H,4,9-12H2,1-3H3;3-7,11-13,22H,8-10H2,1-2H3;2-5,10-13,22H,6-9H2,1H3/t17-,18-;;;/m0.../s1. The molecule has 5 aliphatic heterocycles. The van der Waals surface area contributed by atoms with Crippen LogP contribution in [-0.4, -0.2) is 175 Å². The molecule has 18 rings (SSSR count). The molecule has 2 atom stereocenters. The number of rotatable bonds is 15. The zero-order valence-electron chi connectivity index (χ0n) is 65.1. The van der Waals surface area contributed by atoms with Gasteiger partial charge >= 0.3 is 0 Å². The first-order chi connectivity index (χ1) is 55.0. The number of anilines is 1. The number of aryl methyl sites for hydroxylation is 2. The van der Waals surface area contributed by atoms with Gasteiger partial charge in [-0.15, -0.1) is 0 Å². The van der Waals surface area contributed by atoms with Crippen molar-refractivity contribution in [3.8, 4) is 73.9 Å². The average Bonchev–Trinajstić information content (AvgIpc) is 1.38. The van der Waals surface area contributed by atoms with E-state index in [4.69, 9.17) is 33.7 Å². The lowest BCUT2D eigenvalue weighted by Crippen LogP contribution is -2.46. The van der Waals surface area contributed by atoms with Crippen molar-refractivity contribution < 1.29 is 28.1 Å². The highest BCUT2D eigenvalue weighted by molar-refractivity contribution is 5.71. The van der Waals surface area contributed by atoms with E-state index in [0.717, 1.165) is 142 Å². The number of ether oxygens (including phenoxy) is 5. The second kappa shape index (κ2) is 33.5. The minimum atomic E-state index is -0.478. The number of piperazine rings is 1. The maximum atomic E-state index is 14.0. The molecule has 0 amide bonds. The summed E-state index contributed by atoms with van der Waals surface area (Å²) in [4.78, 5) is 81.7. The molecule has 25 nitrogen and oxygen atoms in total. The van der Waals surface area contributed by atoms with Gasteiger partial charge in [0.25, 0.3) is 22.2 Å². The molecule has 26 heteroatoms. The number of halogens is 1. The number of aromatic nitrogens is 11. The molecule has 2 bridgehead atoms. The number of methoxy groups -OCH3 is 5. The van der Waals surface area contributed by atoms with Crippen molar-refractivity contribution >= 4 is 39.4 Å². The number of likely N-dealkylation sites (N-methyl/N-ethyl adjacent to an activating group) is 1. The fraction of sp³-hybridized carbons (Fsp3) is 0.333. The molecule has 13 aromatic rings. The zero-order valence-corrected chi connectivity index (χ0v) is 65.1. The summed E-state index contributed by atoms with van der Waals surface area (Å²) in [5, 5.41) is 11.3. The van der Waals surface area contributed by atoms with E-state index >= 15 is 0 Å². The third-order valence-electron chi connectivity index (χ3n) is 22.3. The Morgan fingerprint density at radius 2 is 0.965 bits per heavy atom. The first-order valence-corrected chi connectivity index (χ1v) is 38.6. The molecule has 0 spiro atoms. The van der Waals surface area contributed by atoms with Crippen LogP contribution in [-0.2, 0) is 0 Å². The number of nitrogens with one attached hydrogen (secondary N) is 2. The Kier molecular flexibility index (Phi) is 22.7. The van der Waals surface area contributed by atoms with Crippen LogP contribution in [0.5, 0.6) is 28.7 Å². The zero-order chi connectivity index (χ0) is 78.6. The average molecular weight is 1530 g/mol. The predicted octanol–water partition coefficient (Wildman–Crippen LogP) is 11.6. The Morgan fingerprint density at radius 1 is 0.460 bits per heavy atom. The van der Waals surface area contributed by atoms with E-state index in [1.165, 1.54) is 42.9 Å². The van der Waals surface area contributed by atoms with Crippen LogP contribution in [0.2, 0.25) is 0 Å². The van der Waals surface area contributed by atoms with Crippen LogP contribution in [0, 0.1) is 19.7 Å². The molecule has 15 heterocycles. The van der Waals surface area contributed by atoms with Gasteiger partial charge in [-0.3, -0.25) is 46.7 Å². The SMILES string of the molecule is CCN1CCC(c2ccc3nc(-c4ccc(OC)c(OC)c4)cc(=O)n3c2)CC1.CCN1C[C@@H]2C[C@H]1CN2c1ccc2nc(-c3cc4c(C)nc(C)cn4n3)cc(=O)n2c1.COc1ccc(-c2cc(=O)n3cc(C4=CCNCC4)ccc3n2)cc1OC.COc1ccc(-c2cc(=O)n3cc(C4CCNCC4)ccc3n2)cc1F. The van der Waals surface area contributed by atoms with Crippen molar-refractivity contribution in [2.75, 3.05) is 106 Å². The van der Waals surface area contributed by atoms with Gasteiger partial charge in [0.2, 0.25) is 0 Å². The normalized spacial score (nSPS) is 16.7. The summed E-state index contributed by atoms with van der Waals surface area (Å²) >= 11 is 0. The monoisotopic (exact) mass is 1520 g/mol. The summed E-state index contributed by atoms with van der Waals surface area (Å²) in [6.45, 7) is 18.7. The summed E-state index contributed by atoms with van der Waals surface area (Å²) < 4.78 is 48.5. The lowest BCUT2D eigenvalue weighted by atomic mass is 9.90. The molecule has 3 aromatic carbocycles. The number of pyridine rings is 4. The van der Waals surface area contributed by atoms with Crippen LogP contribution in [0.1, 0.15) is 92.3 Å². The molecule has 113 heavy (non-hydrogen) atoms. The topological polar surface area (TPSA) is 248 Å². The Hall–Kier alpha value is -12.0. The molecule has 4 fully saturated rings. The smallest absolute Gasteiger partial charge is 0.258 e. The number of nitrogens with zero attached hydrogens (tertiary/aromatic N) is 14. The number of piperidine rings is 2. The largest absolute Gasteiger partial charge is 0.494 e. The van der Waals surface area contributed by atoms with Crippen LogP contribution < -0.4 is 61.5 Å². The molecular formula is C87H93FN16O9. The molecule has 0 radical (unpaired) electrons. The minimum Gasteiger partial charge on any atom is -0.494 e. The van der Waals surface area contributed by atoms with Crippen molar-refractivity contribution in [2.45, 2.75) is 90.1 Å². The molecule has 4 saturated heterocycles. The minimum absolute atomic E-state index is 0.0763. The predicted molar refractivity (Wildman–Crippen MR) is 438 cm³/mol. The highest BCUT2D eigenvalue weighted by Gasteiger charge is 2.42. The summed E-state index contributed by atoms with van der Waals surface area (Å²) in [7, 11) is 7.78. The Morgan fingerprint density at radius 3 is 1.49 bits per heavy atom. The van der Waals surface area contributed by atoms with Crippen molar-refractivity contribution in [3.05, 3.63) is 246 Å². The number of benzene rings is 3. The Labute approximate surface area is 652 Å². The molecule has 2 N–H and O–H groups in total. The van der Waals surface area contributed by atoms with Gasteiger partial charge in [0.15, 0.2) is 34.6 Å². The Balaban J connectivity index is 0.000000119.